The Bertz CT molecular complexity index is 1550. The summed E-state index contributed by atoms with van der Waals surface area (Å²) >= 11 is 0. The zero-order valence-corrected chi connectivity index (χ0v) is 26.5. The van der Waals surface area contributed by atoms with E-state index >= 15 is 0 Å². The molecule has 0 spiro atoms. The molecule has 2 bridgehead atoms. The van der Waals surface area contributed by atoms with Crippen molar-refractivity contribution >= 4 is 16.9 Å². The number of aliphatic hydroxyl groups excluding tert-OH is 1. The molecule has 3 aromatic rings. The van der Waals surface area contributed by atoms with Crippen LogP contribution >= 0.6 is 0 Å². The third-order valence-corrected chi connectivity index (χ3v) is 10.3. The molecule has 2 aromatic carbocycles. The molecule has 4 heterocycles. The van der Waals surface area contributed by atoms with Crippen molar-refractivity contribution in [3.8, 4) is 11.5 Å². The predicted molar refractivity (Wildman–Crippen MR) is 175 cm³/mol. The number of phenols is 1. The van der Waals surface area contributed by atoms with E-state index in [0.717, 1.165) is 84.0 Å². The van der Waals surface area contributed by atoms with Gasteiger partial charge in [0.2, 0.25) is 5.56 Å². The molecular formula is C36H47N3O7. The molecule has 46 heavy (non-hydrogen) atoms. The van der Waals surface area contributed by atoms with Crippen molar-refractivity contribution in [1.82, 2.24) is 15.2 Å². The number of pyridine rings is 1. The number of rotatable bonds is 14. The van der Waals surface area contributed by atoms with E-state index in [4.69, 9.17) is 9.47 Å². The van der Waals surface area contributed by atoms with Gasteiger partial charge in [-0.2, -0.15) is 0 Å². The summed E-state index contributed by atoms with van der Waals surface area (Å²) in [7, 11) is 0. The van der Waals surface area contributed by atoms with Gasteiger partial charge in [-0.1, -0.05) is 31.0 Å². The van der Waals surface area contributed by atoms with Crippen molar-refractivity contribution in [2.45, 2.75) is 75.6 Å². The molecule has 7 rings (SSSR count). The summed E-state index contributed by atoms with van der Waals surface area (Å²) in [4.78, 5) is 30.3. The molecule has 4 fully saturated rings. The lowest BCUT2D eigenvalue weighted by Gasteiger charge is -2.45. The van der Waals surface area contributed by atoms with Gasteiger partial charge in [0.05, 0.1) is 18.2 Å². The summed E-state index contributed by atoms with van der Waals surface area (Å²) < 4.78 is 12.2. The maximum Gasteiger partial charge on any atom is 0.343 e. The second-order valence-corrected chi connectivity index (χ2v) is 13.3. The number of nitrogens with zero attached hydrogens (tertiary/aromatic N) is 1. The highest BCUT2D eigenvalue weighted by Crippen LogP contribution is 2.43. The van der Waals surface area contributed by atoms with E-state index in [9.17, 15) is 24.9 Å². The number of carbonyl (C=O) groups is 1. The van der Waals surface area contributed by atoms with Gasteiger partial charge in [0.15, 0.2) is 5.60 Å². The van der Waals surface area contributed by atoms with Crippen LogP contribution in [0.2, 0.25) is 0 Å². The van der Waals surface area contributed by atoms with Gasteiger partial charge in [0, 0.05) is 30.5 Å². The third kappa shape index (κ3) is 7.10. The standard InChI is InChI=1S/C36H47N3O7/c40-30-13-11-28(29-12-14-33(42)38-34(29)30)31(41)22-37-17-4-1-5-20-45-27-10-6-9-26(21-27)36(44,25-7-2-3-8-25)35(43)46-32-23-39-18-15-24(32)16-19-39/h6,9-14,21,24-25,31-32,37,40-41,44H,1-5,7-8,15-20,22-23H2,(H,38,42)/t31-,32-,36?/m0/s1. The number of unbranched alkanes of at least 4 members (excludes halogenated alkanes) is 2. The normalized spacial score (nSPS) is 23.3. The van der Waals surface area contributed by atoms with Gasteiger partial charge in [-0.05, 0) is 106 Å². The molecule has 3 atom stereocenters. The van der Waals surface area contributed by atoms with Gasteiger partial charge in [0.25, 0.3) is 0 Å². The fraction of sp³-hybridized carbons (Fsp3) is 0.556. The Morgan fingerprint density at radius 2 is 1.85 bits per heavy atom. The van der Waals surface area contributed by atoms with E-state index in [-0.39, 0.29) is 23.3 Å². The first-order valence-electron chi connectivity index (χ1n) is 17.0. The molecule has 1 aliphatic carbocycles. The number of aromatic hydroxyl groups is 1. The molecular weight excluding hydrogens is 586 g/mol. The molecule has 1 saturated carbocycles. The third-order valence-electron chi connectivity index (χ3n) is 10.3. The number of nitrogens with one attached hydrogen (secondary N) is 2. The highest BCUT2D eigenvalue weighted by Gasteiger charge is 2.50. The van der Waals surface area contributed by atoms with Crippen molar-refractivity contribution in [2.75, 3.05) is 39.3 Å². The average Bonchev–Trinajstić information content (AvgIpc) is 3.62. The Labute approximate surface area is 269 Å². The van der Waals surface area contributed by atoms with Crippen LogP contribution in [0.25, 0.3) is 10.9 Å². The number of carbonyl (C=O) groups excluding carboxylic acids is 1. The van der Waals surface area contributed by atoms with E-state index in [2.05, 4.69) is 15.2 Å². The van der Waals surface area contributed by atoms with E-state index in [0.29, 0.717) is 46.8 Å². The molecule has 10 heteroatoms. The summed E-state index contributed by atoms with van der Waals surface area (Å²) in [6.45, 7) is 4.46. The monoisotopic (exact) mass is 633 g/mol. The number of ether oxygens (including phenoxy) is 2. The molecule has 0 radical (unpaired) electrons. The number of aromatic nitrogens is 1. The Kier molecular flexibility index (Phi) is 10.3. The minimum Gasteiger partial charge on any atom is -0.506 e. The number of piperidine rings is 3. The van der Waals surface area contributed by atoms with Gasteiger partial charge in [-0.15, -0.1) is 0 Å². The first kappa shape index (κ1) is 32.5. The van der Waals surface area contributed by atoms with Crippen LogP contribution in [-0.4, -0.2) is 76.6 Å². The lowest BCUT2D eigenvalue weighted by atomic mass is 9.79. The van der Waals surface area contributed by atoms with Gasteiger partial charge in [-0.3, -0.25) is 9.69 Å². The van der Waals surface area contributed by atoms with E-state index in [1.54, 1.807) is 12.1 Å². The first-order valence-corrected chi connectivity index (χ1v) is 17.0. The quantitative estimate of drug-likeness (QED) is 0.131. The Morgan fingerprint density at radius 3 is 2.61 bits per heavy atom. The summed E-state index contributed by atoms with van der Waals surface area (Å²) in [5.41, 5.74) is -0.475. The second-order valence-electron chi connectivity index (χ2n) is 13.3. The number of benzene rings is 2. The fourth-order valence-electron chi connectivity index (χ4n) is 7.58. The van der Waals surface area contributed by atoms with E-state index in [1.165, 1.54) is 12.1 Å². The zero-order chi connectivity index (χ0) is 32.1. The summed E-state index contributed by atoms with van der Waals surface area (Å²) in [5.74, 6) is 0.301. The average molecular weight is 634 g/mol. The largest absolute Gasteiger partial charge is 0.506 e. The van der Waals surface area contributed by atoms with E-state index in [1.807, 2.05) is 24.3 Å². The van der Waals surface area contributed by atoms with Crippen molar-refractivity contribution < 1.29 is 29.6 Å². The fourth-order valence-corrected chi connectivity index (χ4v) is 7.58. The first-order chi connectivity index (χ1) is 22.3. The van der Waals surface area contributed by atoms with Crippen LogP contribution in [0.15, 0.2) is 53.3 Å². The maximum atomic E-state index is 13.7. The highest BCUT2D eigenvalue weighted by atomic mass is 16.6. The topological polar surface area (TPSA) is 144 Å². The molecule has 10 nitrogen and oxygen atoms in total. The molecule has 1 aromatic heterocycles. The van der Waals surface area contributed by atoms with Crippen LogP contribution in [0.1, 0.15) is 75.0 Å². The molecule has 3 saturated heterocycles. The van der Waals surface area contributed by atoms with E-state index < -0.39 is 17.7 Å². The number of hydrogen-bond acceptors (Lipinski definition) is 9. The molecule has 5 N–H and O–H groups in total. The van der Waals surface area contributed by atoms with Crippen LogP contribution in [0.4, 0.5) is 0 Å². The van der Waals surface area contributed by atoms with Gasteiger partial charge < -0.3 is 35.1 Å². The number of hydrogen-bond donors (Lipinski definition) is 5. The van der Waals surface area contributed by atoms with Crippen molar-refractivity contribution in [3.05, 3.63) is 70.0 Å². The SMILES string of the molecule is O=C(O[C@H]1CN2CCC1CC2)C(O)(c1cccc(OCCCCCNC[C@H](O)c2ccc(O)c3[nH]c(=O)ccc23)c1)C1CCCC1. The predicted octanol–water partition coefficient (Wildman–Crippen LogP) is 4.12. The summed E-state index contributed by atoms with van der Waals surface area (Å²) in [5, 5.41) is 36.8. The van der Waals surface area contributed by atoms with Crippen LogP contribution in [0, 0.1) is 11.8 Å². The maximum absolute atomic E-state index is 13.7. The zero-order valence-electron chi connectivity index (χ0n) is 26.5. The highest BCUT2D eigenvalue weighted by molar-refractivity contribution is 5.87. The molecule has 0 amide bonds. The minimum absolute atomic E-state index is 0.0303. The number of H-pyrrole nitrogens is 1. The smallest absolute Gasteiger partial charge is 0.343 e. The van der Waals surface area contributed by atoms with Gasteiger partial charge >= 0.3 is 5.97 Å². The van der Waals surface area contributed by atoms with Gasteiger partial charge in [-0.25, -0.2) is 4.79 Å². The van der Waals surface area contributed by atoms with Gasteiger partial charge in [0.1, 0.15) is 17.6 Å². The Hall–Kier alpha value is -3.44. The second kappa shape index (κ2) is 14.5. The number of esters is 1. The summed E-state index contributed by atoms with van der Waals surface area (Å²) in [6, 6.07) is 13.5. The Balaban J connectivity index is 0.968. The minimum atomic E-state index is -1.68. The van der Waals surface area contributed by atoms with Crippen LogP contribution < -0.4 is 15.6 Å². The van der Waals surface area contributed by atoms with Crippen molar-refractivity contribution in [2.24, 2.45) is 11.8 Å². The lowest BCUT2D eigenvalue weighted by molar-refractivity contribution is -0.188. The molecule has 1 unspecified atom stereocenters. The van der Waals surface area contributed by atoms with Crippen molar-refractivity contribution in [1.29, 1.82) is 0 Å². The number of phenolic OH excluding ortho intramolecular Hbond substituents is 1. The Morgan fingerprint density at radius 1 is 1.04 bits per heavy atom. The summed E-state index contributed by atoms with van der Waals surface area (Å²) in [6.07, 6.45) is 7.39. The molecule has 4 aliphatic rings. The lowest BCUT2D eigenvalue weighted by Crippen LogP contribution is -2.54. The van der Waals surface area contributed by atoms with Crippen molar-refractivity contribution in [3.63, 3.8) is 0 Å². The number of fused-ring (bicyclic) bond motifs is 4. The van der Waals surface area contributed by atoms with Crippen LogP contribution in [-0.2, 0) is 15.1 Å². The van der Waals surface area contributed by atoms with Crippen LogP contribution in [0.3, 0.4) is 0 Å². The molecule has 3 aliphatic heterocycles. The number of aromatic amines is 1. The number of aliphatic hydroxyl groups is 2. The molecule has 248 valence electrons. The van der Waals surface area contributed by atoms with Crippen LogP contribution in [0.5, 0.6) is 11.5 Å².